The summed E-state index contributed by atoms with van der Waals surface area (Å²) in [6.07, 6.45) is 1.76. The third-order valence-corrected chi connectivity index (χ3v) is 5.35. The van der Waals surface area contributed by atoms with Crippen molar-refractivity contribution in [3.8, 4) is 0 Å². The minimum Gasteiger partial charge on any atom is -0.378 e. The second kappa shape index (κ2) is 8.58. The zero-order valence-electron chi connectivity index (χ0n) is 16.3. The number of pyridine rings is 1. The fourth-order valence-corrected chi connectivity index (χ4v) is 3.54. The molecule has 148 valence electrons. The Morgan fingerprint density at radius 3 is 2.18 bits per heavy atom. The number of morpholine rings is 1. The molecule has 7 nitrogen and oxygen atoms in total. The summed E-state index contributed by atoms with van der Waals surface area (Å²) in [7, 11) is 2.15. The highest BCUT2D eigenvalue weighted by molar-refractivity contribution is 6.03. The van der Waals surface area contributed by atoms with E-state index in [4.69, 9.17) is 4.74 Å². The molecule has 0 radical (unpaired) electrons. The van der Waals surface area contributed by atoms with Crippen LogP contribution in [0.3, 0.4) is 0 Å². The maximum Gasteiger partial charge on any atom is 0.274 e. The van der Waals surface area contributed by atoms with E-state index < -0.39 is 0 Å². The molecule has 0 spiro atoms. The molecule has 2 fully saturated rings. The lowest BCUT2D eigenvalue weighted by molar-refractivity contribution is 0.102. The number of likely N-dealkylation sites (N-methyl/N-ethyl adjacent to an activating group) is 1. The van der Waals surface area contributed by atoms with Crippen molar-refractivity contribution in [2.45, 2.75) is 0 Å². The maximum absolute atomic E-state index is 12.5. The smallest absolute Gasteiger partial charge is 0.274 e. The molecule has 1 N–H and O–H groups in total. The van der Waals surface area contributed by atoms with Crippen LogP contribution in [-0.2, 0) is 4.74 Å². The Balaban J connectivity index is 1.35. The van der Waals surface area contributed by atoms with Crippen LogP contribution in [-0.4, -0.2) is 75.3 Å². The number of aromatic nitrogens is 1. The molecule has 0 saturated carbocycles. The fourth-order valence-electron chi connectivity index (χ4n) is 3.54. The normalized spacial score (nSPS) is 18.2. The van der Waals surface area contributed by atoms with Gasteiger partial charge in [0.1, 0.15) is 5.69 Å². The number of piperazine rings is 1. The first-order chi connectivity index (χ1) is 13.7. The number of hydrogen-bond donors (Lipinski definition) is 1. The number of amides is 1. The maximum atomic E-state index is 12.5. The van der Waals surface area contributed by atoms with Crippen LogP contribution >= 0.6 is 0 Å². The summed E-state index contributed by atoms with van der Waals surface area (Å²) in [4.78, 5) is 23.8. The second-order valence-corrected chi connectivity index (χ2v) is 7.29. The molecule has 1 amide bonds. The van der Waals surface area contributed by atoms with E-state index in [0.29, 0.717) is 5.69 Å². The molecule has 3 heterocycles. The van der Waals surface area contributed by atoms with E-state index in [9.17, 15) is 4.79 Å². The van der Waals surface area contributed by atoms with Gasteiger partial charge in [0.25, 0.3) is 5.91 Å². The van der Waals surface area contributed by atoms with Gasteiger partial charge in [-0.1, -0.05) is 0 Å². The Morgan fingerprint density at radius 2 is 1.54 bits per heavy atom. The number of ether oxygens (including phenoxy) is 1. The summed E-state index contributed by atoms with van der Waals surface area (Å²) in [6, 6.07) is 11.8. The first-order valence-electron chi connectivity index (χ1n) is 9.83. The van der Waals surface area contributed by atoms with Gasteiger partial charge < -0.3 is 24.8 Å². The zero-order valence-corrected chi connectivity index (χ0v) is 16.3. The van der Waals surface area contributed by atoms with E-state index in [1.54, 1.807) is 12.3 Å². The number of rotatable bonds is 4. The van der Waals surface area contributed by atoms with Crippen LogP contribution in [0.15, 0.2) is 42.6 Å². The highest BCUT2D eigenvalue weighted by Gasteiger charge is 2.15. The van der Waals surface area contributed by atoms with Gasteiger partial charge in [-0.3, -0.25) is 4.79 Å². The molecule has 2 aliphatic rings. The van der Waals surface area contributed by atoms with Gasteiger partial charge in [0.15, 0.2) is 0 Å². The molecule has 2 aliphatic heterocycles. The number of benzene rings is 1. The predicted molar refractivity (Wildman–Crippen MR) is 111 cm³/mol. The average Bonchev–Trinajstić information content (AvgIpc) is 2.76. The summed E-state index contributed by atoms with van der Waals surface area (Å²) in [5.41, 5.74) is 3.41. The fraction of sp³-hybridized carbons (Fsp3) is 0.429. The quantitative estimate of drug-likeness (QED) is 0.873. The highest BCUT2D eigenvalue weighted by Crippen LogP contribution is 2.20. The Morgan fingerprint density at radius 1 is 0.893 bits per heavy atom. The summed E-state index contributed by atoms with van der Waals surface area (Å²) >= 11 is 0. The summed E-state index contributed by atoms with van der Waals surface area (Å²) < 4.78 is 5.37. The van der Waals surface area contributed by atoms with Crippen molar-refractivity contribution in [2.75, 3.05) is 74.6 Å². The van der Waals surface area contributed by atoms with Crippen LogP contribution in [0.4, 0.5) is 17.1 Å². The molecule has 2 aromatic rings. The molecule has 4 rings (SSSR count). The zero-order chi connectivity index (χ0) is 19.3. The number of carbonyl (C=O) groups is 1. The van der Waals surface area contributed by atoms with Crippen LogP contribution in [0.25, 0.3) is 0 Å². The van der Waals surface area contributed by atoms with Crippen molar-refractivity contribution in [2.24, 2.45) is 0 Å². The van der Waals surface area contributed by atoms with Gasteiger partial charge in [0.2, 0.25) is 0 Å². The molecule has 0 unspecified atom stereocenters. The SMILES string of the molecule is CN1CCN(c2ccc(NC(=O)c3ccc(N4CCOCC4)cn3)cc2)CC1. The monoisotopic (exact) mass is 381 g/mol. The van der Waals surface area contributed by atoms with Crippen molar-refractivity contribution in [3.63, 3.8) is 0 Å². The second-order valence-electron chi connectivity index (χ2n) is 7.29. The van der Waals surface area contributed by atoms with Crippen LogP contribution in [0.1, 0.15) is 10.5 Å². The van der Waals surface area contributed by atoms with Crippen molar-refractivity contribution >= 4 is 23.0 Å². The van der Waals surface area contributed by atoms with E-state index in [1.165, 1.54) is 5.69 Å². The van der Waals surface area contributed by atoms with Gasteiger partial charge in [0, 0.05) is 50.6 Å². The first-order valence-corrected chi connectivity index (χ1v) is 9.83. The van der Waals surface area contributed by atoms with Gasteiger partial charge in [-0.2, -0.15) is 0 Å². The minimum atomic E-state index is -0.194. The van der Waals surface area contributed by atoms with Crippen molar-refractivity contribution < 1.29 is 9.53 Å². The molecule has 1 aromatic carbocycles. The van der Waals surface area contributed by atoms with Gasteiger partial charge in [-0.15, -0.1) is 0 Å². The minimum absolute atomic E-state index is 0.194. The Bertz CT molecular complexity index is 779. The Kier molecular flexibility index (Phi) is 5.73. The van der Waals surface area contributed by atoms with E-state index >= 15 is 0 Å². The molecule has 7 heteroatoms. The van der Waals surface area contributed by atoms with Gasteiger partial charge >= 0.3 is 0 Å². The van der Waals surface area contributed by atoms with Crippen LogP contribution < -0.4 is 15.1 Å². The van der Waals surface area contributed by atoms with Crippen molar-refractivity contribution in [3.05, 3.63) is 48.3 Å². The predicted octanol–water partition coefficient (Wildman–Crippen LogP) is 1.92. The molecule has 0 bridgehead atoms. The summed E-state index contributed by atoms with van der Waals surface area (Å²) in [6.45, 7) is 7.37. The number of nitrogens with one attached hydrogen (secondary N) is 1. The number of carbonyl (C=O) groups excluding carboxylic acids is 1. The van der Waals surface area contributed by atoms with Gasteiger partial charge in [-0.05, 0) is 43.4 Å². The number of nitrogens with zero attached hydrogens (tertiary/aromatic N) is 4. The topological polar surface area (TPSA) is 60.9 Å². The van der Waals surface area contributed by atoms with Crippen molar-refractivity contribution in [1.82, 2.24) is 9.88 Å². The molecule has 2 saturated heterocycles. The molecule has 0 atom stereocenters. The molecule has 1 aromatic heterocycles. The molecule has 28 heavy (non-hydrogen) atoms. The van der Waals surface area contributed by atoms with Gasteiger partial charge in [-0.25, -0.2) is 4.98 Å². The van der Waals surface area contributed by atoms with E-state index in [-0.39, 0.29) is 5.91 Å². The lowest BCUT2D eigenvalue weighted by Gasteiger charge is -2.34. The Hall–Kier alpha value is -2.64. The van der Waals surface area contributed by atoms with E-state index in [1.807, 2.05) is 18.2 Å². The lowest BCUT2D eigenvalue weighted by atomic mass is 10.2. The average molecular weight is 381 g/mol. The third kappa shape index (κ3) is 4.43. The largest absolute Gasteiger partial charge is 0.378 e. The molecular weight excluding hydrogens is 354 g/mol. The Labute approximate surface area is 165 Å². The lowest BCUT2D eigenvalue weighted by Crippen LogP contribution is -2.44. The standard InChI is InChI=1S/C21H27N5O2/c1-24-8-10-25(11-9-24)18-4-2-17(3-5-18)23-21(27)20-7-6-19(16-22-20)26-12-14-28-15-13-26/h2-7,16H,8-15H2,1H3,(H,23,27). The molecular formula is C21H27N5O2. The summed E-state index contributed by atoms with van der Waals surface area (Å²) in [5.74, 6) is -0.194. The van der Waals surface area contributed by atoms with Crippen LogP contribution in [0, 0.1) is 0 Å². The van der Waals surface area contributed by atoms with Crippen molar-refractivity contribution in [1.29, 1.82) is 0 Å². The van der Waals surface area contributed by atoms with E-state index in [2.05, 4.69) is 44.2 Å². The van der Waals surface area contributed by atoms with E-state index in [0.717, 1.165) is 63.9 Å². The van der Waals surface area contributed by atoms with Crippen LogP contribution in [0.2, 0.25) is 0 Å². The van der Waals surface area contributed by atoms with Crippen LogP contribution in [0.5, 0.6) is 0 Å². The first kappa shape index (κ1) is 18.7. The third-order valence-electron chi connectivity index (χ3n) is 5.35. The number of anilines is 3. The highest BCUT2D eigenvalue weighted by atomic mass is 16.5. The molecule has 0 aliphatic carbocycles. The van der Waals surface area contributed by atoms with Gasteiger partial charge in [0.05, 0.1) is 25.1 Å². The summed E-state index contributed by atoms with van der Waals surface area (Å²) in [5, 5.41) is 2.93. The number of hydrogen-bond acceptors (Lipinski definition) is 6.